The molecule has 3 aromatic rings. The van der Waals surface area contributed by atoms with Crippen molar-refractivity contribution in [3.8, 4) is 0 Å². The molecule has 0 saturated carbocycles. The van der Waals surface area contributed by atoms with Gasteiger partial charge in [0.1, 0.15) is 11.6 Å². The highest BCUT2D eigenvalue weighted by Gasteiger charge is 2.20. The number of benzene rings is 1. The third kappa shape index (κ3) is 3.86. The number of pyridine rings is 2. The van der Waals surface area contributed by atoms with Crippen molar-refractivity contribution >= 4 is 11.7 Å². The summed E-state index contributed by atoms with van der Waals surface area (Å²) < 4.78 is 13.3. The van der Waals surface area contributed by atoms with Crippen LogP contribution in [0.2, 0.25) is 0 Å². The minimum atomic E-state index is -0.313. The molecule has 3 heterocycles. The fraction of sp³-hybridized carbons (Fsp3) is 0.227. The number of nitrogens with zero attached hydrogens (tertiary/aromatic N) is 3. The van der Waals surface area contributed by atoms with E-state index in [4.69, 9.17) is 0 Å². The van der Waals surface area contributed by atoms with Crippen LogP contribution >= 0.6 is 0 Å². The molecule has 1 aromatic carbocycles. The first-order valence-electron chi connectivity index (χ1n) is 9.27. The number of carbonyl (C=O) groups is 1. The predicted molar refractivity (Wildman–Crippen MR) is 106 cm³/mol. The number of amides is 1. The van der Waals surface area contributed by atoms with E-state index in [9.17, 15) is 9.18 Å². The van der Waals surface area contributed by atoms with Crippen LogP contribution in [0.5, 0.6) is 0 Å². The van der Waals surface area contributed by atoms with Gasteiger partial charge >= 0.3 is 0 Å². The Labute approximate surface area is 163 Å². The summed E-state index contributed by atoms with van der Waals surface area (Å²) in [6.07, 6.45) is 4.31. The highest BCUT2D eigenvalue weighted by Crippen LogP contribution is 2.24. The number of aromatic nitrogens is 2. The maximum atomic E-state index is 13.3. The number of anilines is 1. The minimum Gasteiger partial charge on any atom is -0.352 e. The first-order valence-corrected chi connectivity index (χ1v) is 9.27. The van der Waals surface area contributed by atoms with E-state index in [2.05, 4.69) is 26.3 Å². The lowest BCUT2D eigenvalue weighted by Crippen LogP contribution is -2.32. The number of halogens is 1. The molecule has 142 valence electrons. The topological polar surface area (TPSA) is 58.1 Å². The third-order valence-electron chi connectivity index (χ3n) is 4.92. The lowest BCUT2D eigenvalue weighted by atomic mass is 10.0. The number of hydrogen-bond acceptors (Lipinski definition) is 4. The number of rotatable bonds is 4. The summed E-state index contributed by atoms with van der Waals surface area (Å²) in [7, 11) is 0. The predicted octanol–water partition coefficient (Wildman–Crippen LogP) is 3.42. The normalized spacial score (nSPS) is 13.1. The second kappa shape index (κ2) is 7.76. The van der Waals surface area contributed by atoms with Gasteiger partial charge in [0, 0.05) is 44.1 Å². The first-order chi connectivity index (χ1) is 13.6. The van der Waals surface area contributed by atoms with Crippen molar-refractivity contribution in [2.75, 3.05) is 11.4 Å². The molecule has 0 fully saturated rings. The fourth-order valence-electron chi connectivity index (χ4n) is 3.50. The Morgan fingerprint density at radius 3 is 2.93 bits per heavy atom. The Morgan fingerprint density at radius 1 is 1.21 bits per heavy atom. The quantitative estimate of drug-likeness (QED) is 0.758. The van der Waals surface area contributed by atoms with E-state index in [1.807, 2.05) is 25.3 Å². The molecule has 6 heteroatoms. The summed E-state index contributed by atoms with van der Waals surface area (Å²) in [6, 6.07) is 12.1. The van der Waals surface area contributed by atoms with E-state index in [1.54, 1.807) is 18.3 Å². The highest BCUT2D eigenvalue weighted by atomic mass is 19.1. The Kier molecular flexibility index (Phi) is 5.02. The number of nitrogens with one attached hydrogen (secondary N) is 1. The molecule has 0 unspecified atom stereocenters. The molecular formula is C22H21FN4O. The van der Waals surface area contributed by atoms with Crippen LogP contribution in [0.15, 0.2) is 54.9 Å². The summed E-state index contributed by atoms with van der Waals surface area (Å²) in [4.78, 5) is 23.6. The van der Waals surface area contributed by atoms with Gasteiger partial charge in [-0.15, -0.1) is 0 Å². The minimum absolute atomic E-state index is 0.223. The van der Waals surface area contributed by atoms with Gasteiger partial charge in [-0.3, -0.25) is 9.78 Å². The lowest BCUT2D eigenvalue weighted by Gasteiger charge is -2.30. The number of fused-ring (bicyclic) bond motifs is 1. The summed E-state index contributed by atoms with van der Waals surface area (Å²) in [6.45, 7) is 3.85. The van der Waals surface area contributed by atoms with Crippen LogP contribution in [0.3, 0.4) is 0 Å². The van der Waals surface area contributed by atoms with Gasteiger partial charge in [-0.1, -0.05) is 18.2 Å². The van der Waals surface area contributed by atoms with Crippen molar-refractivity contribution in [3.05, 3.63) is 88.6 Å². The summed E-state index contributed by atoms with van der Waals surface area (Å²) in [5.74, 6) is 0.350. The van der Waals surface area contributed by atoms with Crippen LogP contribution in [-0.4, -0.2) is 22.4 Å². The van der Waals surface area contributed by atoms with Crippen LogP contribution in [0, 0.1) is 12.7 Å². The van der Waals surface area contributed by atoms with Crippen molar-refractivity contribution in [1.82, 2.24) is 15.3 Å². The van der Waals surface area contributed by atoms with Crippen LogP contribution in [0.4, 0.5) is 10.2 Å². The monoisotopic (exact) mass is 376 g/mol. The second-order valence-electron chi connectivity index (χ2n) is 6.96. The molecule has 0 spiro atoms. The standard InChI is InChI=1S/C22H21FN4O/c1-15-10-18(22(28)26-12-16-4-2-6-19(23)11-16)13-25-21(15)27-9-7-20-17(14-27)5-3-8-24-20/h2-6,8,10-11,13H,7,9,12,14H2,1H3,(H,26,28). The SMILES string of the molecule is Cc1cc(C(=O)NCc2cccc(F)c2)cnc1N1CCc2ncccc2C1. The van der Waals surface area contributed by atoms with E-state index in [1.165, 1.54) is 17.7 Å². The largest absolute Gasteiger partial charge is 0.352 e. The van der Waals surface area contributed by atoms with Gasteiger partial charge in [0.2, 0.25) is 0 Å². The maximum absolute atomic E-state index is 13.3. The van der Waals surface area contributed by atoms with E-state index >= 15 is 0 Å². The molecule has 0 bridgehead atoms. The average Bonchev–Trinajstić information content (AvgIpc) is 2.71. The van der Waals surface area contributed by atoms with E-state index in [0.29, 0.717) is 5.56 Å². The van der Waals surface area contributed by atoms with Crippen LogP contribution < -0.4 is 10.2 Å². The molecule has 1 N–H and O–H groups in total. The molecular weight excluding hydrogens is 355 g/mol. The van der Waals surface area contributed by atoms with Crippen LogP contribution in [0.25, 0.3) is 0 Å². The smallest absolute Gasteiger partial charge is 0.253 e. The molecule has 2 aromatic heterocycles. The van der Waals surface area contributed by atoms with Gasteiger partial charge in [-0.05, 0) is 47.9 Å². The van der Waals surface area contributed by atoms with Crippen LogP contribution in [-0.2, 0) is 19.5 Å². The van der Waals surface area contributed by atoms with E-state index in [-0.39, 0.29) is 18.3 Å². The zero-order valence-electron chi connectivity index (χ0n) is 15.7. The van der Waals surface area contributed by atoms with Gasteiger partial charge in [0.25, 0.3) is 5.91 Å². The molecule has 5 nitrogen and oxygen atoms in total. The summed E-state index contributed by atoms with van der Waals surface area (Å²) >= 11 is 0. The van der Waals surface area contributed by atoms with Gasteiger partial charge in [-0.2, -0.15) is 0 Å². The van der Waals surface area contributed by atoms with Crippen molar-refractivity contribution in [2.45, 2.75) is 26.4 Å². The van der Waals surface area contributed by atoms with Gasteiger partial charge in [0.15, 0.2) is 0 Å². The van der Waals surface area contributed by atoms with Crippen LogP contribution in [0.1, 0.15) is 32.7 Å². The van der Waals surface area contributed by atoms with Crippen molar-refractivity contribution < 1.29 is 9.18 Å². The molecule has 0 aliphatic carbocycles. The second-order valence-corrected chi connectivity index (χ2v) is 6.96. The maximum Gasteiger partial charge on any atom is 0.253 e. The molecule has 4 rings (SSSR count). The Hall–Kier alpha value is -3.28. The molecule has 1 amide bonds. The van der Waals surface area contributed by atoms with E-state index in [0.717, 1.165) is 42.1 Å². The molecule has 0 atom stereocenters. The molecule has 1 aliphatic rings. The third-order valence-corrected chi connectivity index (χ3v) is 4.92. The molecule has 0 radical (unpaired) electrons. The average molecular weight is 376 g/mol. The van der Waals surface area contributed by atoms with E-state index < -0.39 is 0 Å². The van der Waals surface area contributed by atoms with Crippen molar-refractivity contribution in [2.24, 2.45) is 0 Å². The zero-order chi connectivity index (χ0) is 19.5. The van der Waals surface area contributed by atoms with Gasteiger partial charge in [-0.25, -0.2) is 9.37 Å². The van der Waals surface area contributed by atoms with Crippen molar-refractivity contribution in [1.29, 1.82) is 0 Å². The first kappa shape index (κ1) is 18.1. The molecule has 1 aliphatic heterocycles. The highest BCUT2D eigenvalue weighted by molar-refractivity contribution is 5.94. The number of hydrogen-bond donors (Lipinski definition) is 1. The number of aryl methyl sites for hydroxylation is 1. The Balaban J connectivity index is 1.45. The Bertz CT molecular complexity index is 1020. The fourth-order valence-corrected chi connectivity index (χ4v) is 3.50. The van der Waals surface area contributed by atoms with Crippen molar-refractivity contribution in [3.63, 3.8) is 0 Å². The van der Waals surface area contributed by atoms with Gasteiger partial charge < -0.3 is 10.2 Å². The molecule has 0 saturated heterocycles. The summed E-state index contributed by atoms with van der Waals surface area (Å²) in [5, 5.41) is 2.81. The molecule has 28 heavy (non-hydrogen) atoms. The number of carbonyl (C=O) groups excluding carboxylic acids is 1. The Morgan fingerprint density at radius 2 is 2.11 bits per heavy atom. The zero-order valence-corrected chi connectivity index (χ0v) is 15.7. The van der Waals surface area contributed by atoms with Gasteiger partial charge in [0.05, 0.1) is 5.56 Å². The lowest BCUT2D eigenvalue weighted by molar-refractivity contribution is 0.0950. The summed E-state index contributed by atoms with van der Waals surface area (Å²) in [5.41, 5.74) is 4.52.